The Balaban J connectivity index is 1.72. The summed E-state index contributed by atoms with van der Waals surface area (Å²) < 4.78 is 0. The maximum atomic E-state index is 13.0. The van der Waals surface area contributed by atoms with E-state index in [1.165, 1.54) is 0 Å². The van der Waals surface area contributed by atoms with Gasteiger partial charge in [0.1, 0.15) is 12.1 Å². The second-order valence-electron chi connectivity index (χ2n) is 8.33. The van der Waals surface area contributed by atoms with Crippen molar-refractivity contribution >= 4 is 34.6 Å². The summed E-state index contributed by atoms with van der Waals surface area (Å²) >= 11 is 0. The monoisotopic (exact) mass is 479 g/mol. The van der Waals surface area contributed by atoms with Gasteiger partial charge in [-0.1, -0.05) is 48.5 Å². The molecule has 0 saturated heterocycles. The maximum Gasteiger partial charge on any atom is 0.326 e. The van der Waals surface area contributed by atoms with Crippen molar-refractivity contribution in [2.24, 2.45) is 11.5 Å². The first-order valence-corrected chi connectivity index (χ1v) is 11.2. The number of nitrogens with two attached hydrogens (primary N) is 2. The molecule has 0 bridgehead atoms. The molecule has 0 radical (unpaired) electrons. The summed E-state index contributed by atoms with van der Waals surface area (Å²) in [5, 5.41) is 15.4. The number of carboxylic acid groups (broad SMARTS) is 1. The fourth-order valence-corrected chi connectivity index (χ4v) is 3.78. The summed E-state index contributed by atoms with van der Waals surface area (Å²) in [4.78, 5) is 51.7. The lowest BCUT2D eigenvalue weighted by Gasteiger charge is -2.23. The van der Waals surface area contributed by atoms with Crippen molar-refractivity contribution in [3.63, 3.8) is 0 Å². The molecule has 1 aromatic heterocycles. The van der Waals surface area contributed by atoms with Gasteiger partial charge in [0.15, 0.2) is 0 Å². The standard InChI is InChI=1S/C25H29N5O5/c26-18(13-16-14-28-19-9-5-4-8-17(16)19)23(32)30-21(12-15-6-2-1-3-7-15)24(33)29-20(25(34)35)10-11-22(27)31/h1-9,14,18,20-21,28H,10-13,26H2,(H2,27,31)(H,29,33)(H,30,32)(H,34,35)/t18-,20-,21-/m0/s1. The van der Waals surface area contributed by atoms with Gasteiger partial charge >= 0.3 is 5.97 Å². The number of carbonyl (C=O) groups is 4. The first kappa shape index (κ1) is 25.4. The molecule has 0 unspecified atom stereocenters. The minimum atomic E-state index is -1.33. The van der Waals surface area contributed by atoms with Gasteiger partial charge in [-0.15, -0.1) is 0 Å². The summed E-state index contributed by atoms with van der Waals surface area (Å²) in [7, 11) is 0. The van der Waals surface area contributed by atoms with Crippen LogP contribution in [0, 0.1) is 0 Å². The van der Waals surface area contributed by atoms with E-state index in [0.29, 0.717) is 0 Å². The number of hydrogen-bond acceptors (Lipinski definition) is 5. The van der Waals surface area contributed by atoms with Crippen LogP contribution in [0.5, 0.6) is 0 Å². The first-order chi connectivity index (χ1) is 16.7. The molecule has 2 aromatic carbocycles. The number of aromatic nitrogens is 1. The molecular formula is C25H29N5O5. The Morgan fingerprint density at radius 3 is 2.23 bits per heavy atom. The van der Waals surface area contributed by atoms with Gasteiger partial charge in [0.25, 0.3) is 0 Å². The predicted molar refractivity (Wildman–Crippen MR) is 130 cm³/mol. The normalized spacial score (nSPS) is 13.5. The summed E-state index contributed by atoms with van der Waals surface area (Å²) in [5.74, 6) is -3.22. The number of carboxylic acids is 1. The minimum absolute atomic E-state index is 0.125. The summed E-state index contributed by atoms with van der Waals surface area (Å²) in [6.45, 7) is 0. The molecule has 3 rings (SSSR count). The van der Waals surface area contributed by atoms with E-state index in [4.69, 9.17) is 11.5 Å². The zero-order valence-electron chi connectivity index (χ0n) is 19.1. The highest BCUT2D eigenvalue weighted by molar-refractivity contribution is 5.92. The van der Waals surface area contributed by atoms with Crippen molar-refractivity contribution in [3.05, 3.63) is 71.9 Å². The number of aromatic amines is 1. The van der Waals surface area contributed by atoms with E-state index in [9.17, 15) is 24.3 Å². The Labute approximate surface area is 202 Å². The molecule has 8 N–H and O–H groups in total. The van der Waals surface area contributed by atoms with Crippen LogP contribution in [0.1, 0.15) is 24.0 Å². The van der Waals surface area contributed by atoms with Crippen LogP contribution in [-0.4, -0.2) is 51.9 Å². The lowest BCUT2D eigenvalue weighted by Crippen LogP contribution is -2.55. The minimum Gasteiger partial charge on any atom is -0.480 e. The molecule has 0 fully saturated rings. The number of nitrogens with one attached hydrogen (secondary N) is 3. The van der Waals surface area contributed by atoms with Gasteiger partial charge in [-0.3, -0.25) is 14.4 Å². The first-order valence-electron chi connectivity index (χ1n) is 11.2. The smallest absolute Gasteiger partial charge is 0.326 e. The Kier molecular flexibility index (Phi) is 8.58. The average Bonchev–Trinajstić information content (AvgIpc) is 3.24. The highest BCUT2D eigenvalue weighted by atomic mass is 16.4. The number of hydrogen-bond donors (Lipinski definition) is 6. The summed E-state index contributed by atoms with van der Waals surface area (Å²) in [6.07, 6.45) is 1.79. The van der Waals surface area contributed by atoms with Gasteiger partial charge in [-0.2, -0.15) is 0 Å². The van der Waals surface area contributed by atoms with Crippen molar-refractivity contribution in [1.29, 1.82) is 0 Å². The van der Waals surface area contributed by atoms with Gasteiger partial charge < -0.3 is 32.2 Å². The van der Waals surface area contributed by atoms with Crippen LogP contribution in [0.3, 0.4) is 0 Å². The zero-order chi connectivity index (χ0) is 25.4. The Morgan fingerprint density at radius 1 is 0.886 bits per heavy atom. The third-order valence-corrected chi connectivity index (χ3v) is 5.66. The quantitative estimate of drug-likeness (QED) is 0.221. The van der Waals surface area contributed by atoms with E-state index in [1.807, 2.05) is 30.3 Å². The van der Waals surface area contributed by atoms with E-state index in [1.54, 1.807) is 30.5 Å². The Hall–Kier alpha value is -4.18. The van der Waals surface area contributed by atoms with Crippen LogP contribution in [0.4, 0.5) is 0 Å². The van der Waals surface area contributed by atoms with Crippen molar-refractivity contribution in [2.75, 3.05) is 0 Å². The van der Waals surface area contributed by atoms with Gasteiger partial charge in [0.05, 0.1) is 6.04 Å². The fourth-order valence-electron chi connectivity index (χ4n) is 3.78. The molecule has 35 heavy (non-hydrogen) atoms. The van der Waals surface area contributed by atoms with E-state index in [2.05, 4.69) is 15.6 Å². The second kappa shape index (κ2) is 11.8. The van der Waals surface area contributed by atoms with Crippen LogP contribution in [0.15, 0.2) is 60.8 Å². The van der Waals surface area contributed by atoms with Gasteiger partial charge in [-0.25, -0.2) is 4.79 Å². The van der Waals surface area contributed by atoms with Gasteiger partial charge in [-0.05, 0) is 30.0 Å². The van der Waals surface area contributed by atoms with Crippen molar-refractivity contribution in [3.8, 4) is 0 Å². The number of primary amides is 1. The van der Waals surface area contributed by atoms with Gasteiger partial charge in [0.2, 0.25) is 17.7 Å². The average molecular weight is 480 g/mol. The lowest BCUT2D eigenvalue weighted by molar-refractivity contribution is -0.142. The van der Waals surface area contributed by atoms with E-state index in [0.717, 1.165) is 22.0 Å². The van der Waals surface area contributed by atoms with Crippen molar-refractivity contribution in [2.45, 2.75) is 43.8 Å². The zero-order valence-corrected chi connectivity index (χ0v) is 19.1. The molecule has 0 aliphatic carbocycles. The Morgan fingerprint density at radius 2 is 1.54 bits per heavy atom. The predicted octanol–water partition coefficient (Wildman–Crippen LogP) is 0.600. The molecule has 0 spiro atoms. The molecule has 3 aromatic rings. The van der Waals surface area contributed by atoms with E-state index < -0.39 is 41.8 Å². The number of H-pyrrole nitrogens is 1. The number of rotatable bonds is 12. The molecule has 184 valence electrons. The Bertz CT molecular complexity index is 1190. The van der Waals surface area contributed by atoms with Crippen LogP contribution >= 0.6 is 0 Å². The fraction of sp³-hybridized carbons (Fsp3) is 0.280. The number of carbonyl (C=O) groups excluding carboxylic acids is 3. The third kappa shape index (κ3) is 7.15. The van der Waals surface area contributed by atoms with Gasteiger partial charge in [0, 0.05) is 29.9 Å². The molecule has 10 heteroatoms. The topological polar surface area (TPSA) is 180 Å². The molecule has 3 amide bonds. The second-order valence-corrected chi connectivity index (χ2v) is 8.33. The number of amides is 3. The number of fused-ring (bicyclic) bond motifs is 1. The third-order valence-electron chi connectivity index (χ3n) is 5.66. The van der Waals surface area contributed by atoms with Crippen LogP contribution in [0.2, 0.25) is 0 Å². The van der Waals surface area contributed by atoms with Crippen molar-refractivity contribution < 1.29 is 24.3 Å². The highest BCUT2D eigenvalue weighted by Gasteiger charge is 2.28. The molecule has 0 aliphatic heterocycles. The van der Waals surface area contributed by atoms with E-state index in [-0.39, 0.29) is 25.7 Å². The number of benzene rings is 2. The van der Waals surface area contributed by atoms with Crippen LogP contribution < -0.4 is 22.1 Å². The molecule has 0 saturated carbocycles. The SMILES string of the molecule is NC(=O)CC[C@H](NC(=O)[C@H](Cc1ccccc1)NC(=O)[C@@H](N)Cc1c[nH]c2ccccc12)C(=O)O. The number of aliphatic carboxylic acids is 1. The van der Waals surface area contributed by atoms with Crippen molar-refractivity contribution in [1.82, 2.24) is 15.6 Å². The van der Waals surface area contributed by atoms with Crippen LogP contribution in [0.25, 0.3) is 10.9 Å². The molecular weight excluding hydrogens is 450 g/mol. The van der Waals surface area contributed by atoms with E-state index >= 15 is 0 Å². The molecule has 10 nitrogen and oxygen atoms in total. The molecule has 0 aliphatic rings. The largest absolute Gasteiger partial charge is 0.480 e. The summed E-state index contributed by atoms with van der Waals surface area (Å²) in [5.41, 5.74) is 13.8. The number of para-hydroxylation sites is 1. The van der Waals surface area contributed by atoms with Crippen LogP contribution in [-0.2, 0) is 32.0 Å². The molecule has 1 heterocycles. The maximum absolute atomic E-state index is 13.0. The lowest BCUT2D eigenvalue weighted by atomic mass is 10.0. The highest BCUT2D eigenvalue weighted by Crippen LogP contribution is 2.19. The summed E-state index contributed by atoms with van der Waals surface area (Å²) in [6, 6.07) is 13.3. The molecule has 3 atom stereocenters.